The molecule has 30 heavy (non-hydrogen) atoms. The van der Waals surface area contributed by atoms with E-state index in [9.17, 15) is 9.59 Å². The molecule has 0 aromatic heterocycles. The van der Waals surface area contributed by atoms with Crippen molar-refractivity contribution in [3.8, 4) is 0 Å². The van der Waals surface area contributed by atoms with Crippen LogP contribution in [0.25, 0.3) is 0 Å². The maximum atomic E-state index is 12.3. The molecular formula is C22H27Cl2N3O3. The Hall–Kier alpha value is -1.92. The van der Waals surface area contributed by atoms with Crippen LogP contribution in [-0.4, -0.2) is 36.4 Å². The van der Waals surface area contributed by atoms with E-state index in [1.165, 1.54) is 5.57 Å². The van der Waals surface area contributed by atoms with E-state index in [1.807, 2.05) is 0 Å². The van der Waals surface area contributed by atoms with Crippen molar-refractivity contribution in [1.29, 1.82) is 0 Å². The fraction of sp³-hybridized carbons (Fsp3) is 0.545. The number of carbonyl (C=O) groups excluding carboxylic acids is 2. The number of piperidine rings is 1. The maximum Gasteiger partial charge on any atom is 0.410 e. The molecule has 0 radical (unpaired) electrons. The minimum absolute atomic E-state index is 0.145. The van der Waals surface area contributed by atoms with Crippen LogP contribution < -0.4 is 0 Å². The standard InChI is InChI=1S/C22H27Cl2N3O3/c23-19-10-18(11-20(24)12-19)15-30-22(29)27-8-6-16(7-9-27)4-5-21(28)3-1-2-17-13-25-26-14-17/h10-13,16H,1-9,14-15H2. The third-order valence-corrected chi connectivity index (χ3v) is 5.97. The van der Waals surface area contributed by atoms with Crippen LogP contribution in [-0.2, 0) is 16.1 Å². The van der Waals surface area contributed by atoms with Gasteiger partial charge in [0.1, 0.15) is 12.4 Å². The van der Waals surface area contributed by atoms with Gasteiger partial charge in [0.2, 0.25) is 0 Å². The number of Topliss-reactive ketones (excluding diaryl/α,β-unsaturated/α-hetero) is 1. The summed E-state index contributed by atoms with van der Waals surface area (Å²) in [5.41, 5.74) is 1.97. The third-order valence-electron chi connectivity index (χ3n) is 5.54. The van der Waals surface area contributed by atoms with Gasteiger partial charge >= 0.3 is 6.09 Å². The predicted octanol–water partition coefficient (Wildman–Crippen LogP) is 6.21. The summed E-state index contributed by atoms with van der Waals surface area (Å²) in [5, 5.41) is 8.79. The molecule has 3 rings (SSSR count). The molecule has 0 aliphatic carbocycles. The van der Waals surface area contributed by atoms with E-state index >= 15 is 0 Å². The summed E-state index contributed by atoms with van der Waals surface area (Å²) < 4.78 is 5.40. The molecule has 2 aliphatic heterocycles. The van der Waals surface area contributed by atoms with Gasteiger partial charge < -0.3 is 9.64 Å². The monoisotopic (exact) mass is 451 g/mol. The number of ether oxygens (including phenoxy) is 1. The average Bonchev–Trinajstić information content (AvgIpc) is 3.24. The first-order valence-corrected chi connectivity index (χ1v) is 11.2. The Balaban J connectivity index is 1.29. The lowest BCUT2D eigenvalue weighted by atomic mass is 9.91. The van der Waals surface area contributed by atoms with Gasteiger partial charge in [0.05, 0.1) is 12.7 Å². The Morgan fingerprint density at radius 1 is 1.10 bits per heavy atom. The van der Waals surface area contributed by atoms with Gasteiger partial charge in [-0.2, -0.15) is 10.2 Å². The van der Waals surface area contributed by atoms with Crippen molar-refractivity contribution in [3.63, 3.8) is 0 Å². The van der Waals surface area contributed by atoms with Gasteiger partial charge in [-0.3, -0.25) is 4.79 Å². The molecule has 0 saturated carbocycles. The highest BCUT2D eigenvalue weighted by atomic mass is 35.5. The number of ketones is 1. The minimum atomic E-state index is -0.319. The number of amides is 1. The van der Waals surface area contributed by atoms with E-state index in [0.717, 1.165) is 37.7 Å². The van der Waals surface area contributed by atoms with Crippen molar-refractivity contribution >= 4 is 35.1 Å². The van der Waals surface area contributed by atoms with E-state index in [0.29, 0.717) is 54.2 Å². The van der Waals surface area contributed by atoms with E-state index < -0.39 is 0 Å². The zero-order valence-corrected chi connectivity index (χ0v) is 18.5. The summed E-state index contributed by atoms with van der Waals surface area (Å²) in [4.78, 5) is 26.2. The molecule has 6 nitrogen and oxygen atoms in total. The summed E-state index contributed by atoms with van der Waals surface area (Å²) in [6.07, 6.45) is 7.21. The summed E-state index contributed by atoms with van der Waals surface area (Å²) in [6.45, 7) is 2.15. The number of azo groups is 1. The summed E-state index contributed by atoms with van der Waals surface area (Å²) in [7, 11) is 0. The first-order chi connectivity index (χ1) is 14.5. The van der Waals surface area contributed by atoms with Crippen molar-refractivity contribution in [2.24, 2.45) is 16.1 Å². The molecule has 0 atom stereocenters. The largest absolute Gasteiger partial charge is 0.445 e. The van der Waals surface area contributed by atoms with Gasteiger partial charge in [-0.15, -0.1) is 0 Å². The van der Waals surface area contributed by atoms with Gasteiger partial charge in [-0.25, -0.2) is 4.79 Å². The van der Waals surface area contributed by atoms with Crippen LogP contribution in [0.1, 0.15) is 50.5 Å². The van der Waals surface area contributed by atoms with Crippen molar-refractivity contribution in [1.82, 2.24) is 4.90 Å². The smallest absolute Gasteiger partial charge is 0.410 e. The van der Waals surface area contributed by atoms with E-state index in [2.05, 4.69) is 10.2 Å². The summed E-state index contributed by atoms with van der Waals surface area (Å²) in [5.74, 6) is 0.810. The van der Waals surface area contributed by atoms with Gasteiger partial charge in [0, 0.05) is 36.0 Å². The lowest BCUT2D eigenvalue weighted by Crippen LogP contribution is -2.38. The highest BCUT2D eigenvalue weighted by Crippen LogP contribution is 2.24. The van der Waals surface area contributed by atoms with Crippen LogP contribution in [0.15, 0.2) is 40.2 Å². The first-order valence-electron chi connectivity index (χ1n) is 10.4. The molecule has 1 amide bonds. The van der Waals surface area contributed by atoms with Crippen LogP contribution >= 0.6 is 23.2 Å². The highest BCUT2D eigenvalue weighted by molar-refractivity contribution is 6.34. The van der Waals surface area contributed by atoms with Crippen LogP contribution in [0, 0.1) is 5.92 Å². The van der Waals surface area contributed by atoms with Gasteiger partial charge in [0.15, 0.2) is 0 Å². The second-order valence-electron chi connectivity index (χ2n) is 7.90. The van der Waals surface area contributed by atoms with Gasteiger partial charge in [0.25, 0.3) is 0 Å². The Kier molecular flexibility index (Phi) is 8.70. The molecule has 8 heteroatoms. The minimum Gasteiger partial charge on any atom is -0.445 e. The summed E-state index contributed by atoms with van der Waals surface area (Å²) >= 11 is 11.9. The quantitative estimate of drug-likeness (QED) is 0.447. The van der Waals surface area contributed by atoms with Gasteiger partial charge in [-0.1, -0.05) is 23.2 Å². The Bertz CT molecular complexity index is 798. The lowest BCUT2D eigenvalue weighted by Gasteiger charge is -2.31. The number of carbonyl (C=O) groups is 2. The van der Waals surface area contributed by atoms with Crippen molar-refractivity contribution in [2.45, 2.75) is 51.6 Å². The zero-order chi connectivity index (χ0) is 21.3. The molecule has 1 aromatic rings. The molecule has 162 valence electrons. The molecule has 1 fully saturated rings. The van der Waals surface area contributed by atoms with Crippen LogP contribution in [0.4, 0.5) is 4.79 Å². The molecule has 0 unspecified atom stereocenters. The Morgan fingerprint density at radius 2 is 1.83 bits per heavy atom. The Morgan fingerprint density at radius 3 is 2.50 bits per heavy atom. The number of benzene rings is 1. The van der Waals surface area contributed by atoms with Crippen LogP contribution in [0.5, 0.6) is 0 Å². The molecule has 0 N–H and O–H groups in total. The van der Waals surface area contributed by atoms with Crippen molar-refractivity contribution < 1.29 is 14.3 Å². The number of nitrogens with zero attached hydrogens (tertiary/aromatic N) is 3. The Labute approximate surface area is 187 Å². The van der Waals surface area contributed by atoms with Crippen LogP contribution in [0.3, 0.4) is 0 Å². The van der Waals surface area contributed by atoms with Crippen LogP contribution in [0.2, 0.25) is 10.0 Å². The molecule has 0 bridgehead atoms. The van der Waals surface area contributed by atoms with E-state index in [1.54, 1.807) is 29.3 Å². The first kappa shape index (κ1) is 22.8. The second kappa shape index (κ2) is 11.5. The van der Waals surface area contributed by atoms with Crippen molar-refractivity contribution in [2.75, 3.05) is 19.6 Å². The highest BCUT2D eigenvalue weighted by Gasteiger charge is 2.24. The third kappa shape index (κ3) is 7.40. The summed E-state index contributed by atoms with van der Waals surface area (Å²) in [6, 6.07) is 5.11. The number of hydrogen-bond donors (Lipinski definition) is 0. The zero-order valence-electron chi connectivity index (χ0n) is 17.0. The van der Waals surface area contributed by atoms with Gasteiger partial charge in [-0.05, 0) is 67.4 Å². The SMILES string of the molecule is O=C(CCCC1=CN=NC1)CCC1CCN(C(=O)OCc2cc(Cl)cc(Cl)c2)CC1. The molecule has 1 aromatic carbocycles. The maximum absolute atomic E-state index is 12.3. The van der Waals surface area contributed by atoms with E-state index in [-0.39, 0.29) is 12.7 Å². The molecule has 2 heterocycles. The molecule has 1 saturated heterocycles. The van der Waals surface area contributed by atoms with E-state index in [4.69, 9.17) is 27.9 Å². The topological polar surface area (TPSA) is 71.3 Å². The lowest BCUT2D eigenvalue weighted by molar-refractivity contribution is -0.119. The second-order valence-corrected chi connectivity index (χ2v) is 8.77. The fourth-order valence-corrected chi connectivity index (χ4v) is 4.35. The number of rotatable bonds is 9. The number of likely N-dealkylation sites (tertiary alicyclic amines) is 1. The number of halogens is 2. The number of hydrogen-bond acceptors (Lipinski definition) is 5. The predicted molar refractivity (Wildman–Crippen MR) is 117 cm³/mol. The fourth-order valence-electron chi connectivity index (χ4n) is 3.78. The van der Waals surface area contributed by atoms with Crippen molar-refractivity contribution in [3.05, 3.63) is 45.6 Å². The molecular weight excluding hydrogens is 425 g/mol. The average molecular weight is 452 g/mol. The normalized spacial score (nSPS) is 16.6. The molecule has 0 spiro atoms. The molecule has 2 aliphatic rings.